The van der Waals surface area contributed by atoms with Crippen molar-refractivity contribution < 1.29 is 15.0 Å². The topological polar surface area (TPSA) is 57.5 Å². The largest absolute Gasteiger partial charge is 0.508 e. The molecule has 0 amide bonds. The van der Waals surface area contributed by atoms with Gasteiger partial charge in [-0.3, -0.25) is 4.79 Å². The Morgan fingerprint density at radius 1 is 1.29 bits per heavy atom. The van der Waals surface area contributed by atoms with Crippen molar-refractivity contribution in [3.8, 4) is 5.75 Å². The number of benzene rings is 1. The van der Waals surface area contributed by atoms with Gasteiger partial charge < -0.3 is 10.2 Å². The summed E-state index contributed by atoms with van der Waals surface area (Å²) in [4.78, 5) is 11.1. The molecule has 0 fully saturated rings. The van der Waals surface area contributed by atoms with Gasteiger partial charge in [0.15, 0.2) is 0 Å². The Hall–Kier alpha value is -1.51. The molecule has 0 saturated heterocycles. The number of carboxylic acids is 1. The van der Waals surface area contributed by atoms with Crippen LogP contribution in [0.15, 0.2) is 12.1 Å². The Morgan fingerprint density at radius 2 is 1.88 bits per heavy atom. The van der Waals surface area contributed by atoms with Crippen molar-refractivity contribution in [3.05, 3.63) is 28.8 Å². The number of aryl methyl sites for hydroxylation is 2. The van der Waals surface area contributed by atoms with E-state index in [1.165, 1.54) is 0 Å². The summed E-state index contributed by atoms with van der Waals surface area (Å²) in [5.74, 6) is -0.509. The quantitative estimate of drug-likeness (QED) is 0.845. The van der Waals surface area contributed by atoms with Crippen molar-refractivity contribution >= 4 is 5.97 Å². The van der Waals surface area contributed by atoms with Gasteiger partial charge in [-0.15, -0.1) is 0 Å². The molecular formula is C14H20O3. The van der Waals surface area contributed by atoms with Gasteiger partial charge in [0, 0.05) is 0 Å². The Bertz CT molecular complexity index is 433. The number of hydrogen-bond acceptors (Lipinski definition) is 2. The van der Waals surface area contributed by atoms with Crippen molar-refractivity contribution in [1.82, 2.24) is 0 Å². The van der Waals surface area contributed by atoms with Crippen molar-refractivity contribution in [1.29, 1.82) is 0 Å². The summed E-state index contributed by atoms with van der Waals surface area (Å²) in [5, 5.41) is 18.8. The second kappa shape index (κ2) is 4.78. The molecule has 1 rings (SSSR count). The highest BCUT2D eigenvalue weighted by Crippen LogP contribution is 2.28. The third-order valence-electron chi connectivity index (χ3n) is 3.13. The van der Waals surface area contributed by atoms with Gasteiger partial charge in [-0.05, 0) is 56.4 Å². The van der Waals surface area contributed by atoms with Gasteiger partial charge >= 0.3 is 5.97 Å². The SMILES string of the molecule is CCc1cc(CC(C)(C)C(=O)O)c(C)cc1O. The molecule has 0 aliphatic rings. The maximum Gasteiger partial charge on any atom is 0.309 e. The number of aromatic hydroxyl groups is 1. The highest BCUT2D eigenvalue weighted by Gasteiger charge is 2.28. The van der Waals surface area contributed by atoms with E-state index in [2.05, 4.69) is 0 Å². The summed E-state index contributed by atoms with van der Waals surface area (Å²) in [6, 6.07) is 3.63. The van der Waals surface area contributed by atoms with Crippen LogP contribution in [-0.4, -0.2) is 16.2 Å². The fourth-order valence-electron chi connectivity index (χ4n) is 1.81. The maximum atomic E-state index is 11.1. The molecule has 1 aromatic carbocycles. The average molecular weight is 236 g/mol. The van der Waals surface area contributed by atoms with E-state index < -0.39 is 11.4 Å². The molecule has 0 bridgehead atoms. The van der Waals surface area contributed by atoms with Crippen LogP contribution in [0.25, 0.3) is 0 Å². The molecule has 0 aromatic heterocycles. The fourth-order valence-corrected chi connectivity index (χ4v) is 1.81. The van der Waals surface area contributed by atoms with Crippen molar-refractivity contribution in [3.63, 3.8) is 0 Å². The zero-order valence-electron chi connectivity index (χ0n) is 10.9. The van der Waals surface area contributed by atoms with Gasteiger partial charge in [0.25, 0.3) is 0 Å². The van der Waals surface area contributed by atoms with Crippen LogP contribution in [-0.2, 0) is 17.6 Å². The zero-order chi connectivity index (χ0) is 13.2. The van der Waals surface area contributed by atoms with Gasteiger partial charge in [-0.25, -0.2) is 0 Å². The molecule has 0 aliphatic heterocycles. The van der Waals surface area contributed by atoms with Crippen LogP contribution in [0.1, 0.15) is 37.5 Å². The lowest BCUT2D eigenvalue weighted by molar-refractivity contribution is -0.146. The smallest absolute Gasteiger partial charge is 0.309 e. The first-order valence-electron chi connectivity index (χ1n) is 5.82. The van der Waals surface area contributed by atoms with Crippen LogP contribution in [0.3, 0.4) is 0 Å². The number of phenols is 1. The number of rotatable bonds is 4. The lowest BCUT2D eigenvalue weighted by Crippen LogP contribution is -2.26. The van der Waals surface area contributed by atoms with Crippen molar-refractivity contribution in [2.24, 2.45) is 5.41 Å². The van der Waals surface area contributed by atoms with Gasteiger partial charge in [0.1, 0.15) is 5.75 Å². The zero-order valence-corrected chi connectivity index (χ0v) is 10.9. The van der Waals surface area contributed by atoms with Crippen LogP contribution in [0.2, 0.25) is 0 Å². The minimum Gasteiger partial charge on any atom is -0.508 e. The summed E-state index contributed by atoms with van der Waals surface area (Å²) >= 11 is 0. The summed E-state index contributed by atoms with van der Waals surface area (Å²) < 4.78 is 0. The monoisotopic (exact) mass is 236 g/mol. The molecule has 3 nitrogen and oxygen atoms in total. The third-order valence-corrected chi connectivity index (χ3v) is 3.13. The average Bonchev–Trinajstić information content (AvgIpc) is 2.21. The Balaban J connectivity index is 3.11. The highest BCUT2D eigenvalue weighted by molar-refractivity contribution is 5.74. The molecule has 3 heteroatoms. The van der Waals surface area contributed by atoms with Crippen LogP contribution in [0.4, 0.5) is 0 Å². The maximum absolute atomic E-state index is 11.1. The Kier molecular flexibility index (Phi) is 3.81. The molecule has 0 spiro atoms. The predicted molar refractivity (Wildman–Crippen MR) is 67.3 cm³/mol. The summed E-state index contributed by atoms with van der Waals surface area (Å²) in [7, 11) is 0. The van der Waals surface area contributed by atoms with Crippen LogP contribution < -0.4 is 0 Å². The van der Waals surface area contributed by atoms with Gasteiger partial charge in [0.05, 0.1) is 5.41 Å². The van der Waals surface area contributed by atoms with E-state index in [4.69, 9.17) is 5.11 Å². The molecule has 0 aliphatic carbocycles. The lowest BCUT2D eigenvalue weighted by atomic mass is 9.83. The van der Waals surface area contributed by atoms with E-state index >= 15 is 0 Å². The number of aliphatic carboxylic acids is 1. The van der Waals surface area contributed by atoms with E-state index in [1.807, 2.05) is 19.9 Å². The first-order chi connectivity index (χ1) is 7.77. The van der Waals surface area contributed by atoms with Gasteiger partial charge in [-0.2, -0.15) is 0 Å². The molecule has 0 heterocycles. The van der Waals surface area contributed by atoms with Crippen LogP contribution in [0.5, 0.6) is 5.75 Å². The Labute approximate surface area is 102 Å². The summed E-state index contributed by atoms with van der Waals surface area (Å²) in [6.07, 6.45) is 1.22. The first-order valence-corrected chi connectivity index (χ1v) is 5.82. The molecular weight excluding hydrogens is 216 g/mol. The standard InChI is InChI=1S/C14H20O3/c1-5-10-7-11(9(2)6-12(10)15)8-14(3,4)13(16)17/h6-7,15H,5,8H2,1-4H3,(H,16,17). The van der Waals surface area contributed by atoms with Crippen LogP contribution >= 0.6 is 0 Å². The molecule has 1 aromatic rings. The summed E-state index contributed by atoms with van der Waals surface area (Å²) in [6.45, 7) is 7.30. The lowest BCUT2D eigenvalue weighted by Gasteiger charge is -2.21. The fraction of sp³-hybridized carbons (Fsp3) is 0.500. The van der Waals surface area contributed by atoms with Crippen molar-refractivity contribution in [2.45, 2.75) is 40.5 Å². The molecule has 94 valence electrons. The molecule has 0 atom stereocenters. The second-order valence-corrected chi connectivity index (χ2v) is 5.13. The van der Waals surface area contributed by atoms with E-state index in [0.29, 0.717) is 12.2 Å². The molecule has 17 heavy (non-hydrogen) atoms. The van der Waals surface area contributed by atoms with E-state index in [9.17, 15) is 9.90 Å². The van der Waals surface area contributed by atoms with Crippen LogP contribution in [0, 0.1) is 12.3 Å². The van der Waals surface area contributed by atoms with Gasteiger partial charge in [0.2, 0.25) is 0 Å². The second-order valence-electron chi connectivity index (χ2n) is 5.13. The molecule has 2 N–H and O–H groups in total. The minimum absolute atomic E-state index is 0.293. The summed E-state index contributed by atoms with van der Waals surface area (Å²) in [5.41, 5.74) is 2.01. The predicted octanol–water partition coefficient (Wildman–Crippen LogP) is 2.92. The van der Waals surface area contributed by atoms with E-state index in [0.717, 1.165) is 23.1 Å². The Morgan fingerprint density at radius 3 is 2.35 bits per heavy atom. The van der Waals surface area contributed by atoms with Crippen molar-refractivity contribution in [2.75, 3.05) is 0 Å². The van der Waals surface area contributed by atoms with Gasteiger partial charge in [-0.1, -0.05) is 13.0 Å². The minimum atomic E-state index is -0.803. The number of phenolic OH excluding ortho intramolecular Hbond substituents is 1. The number of carboxylic acid groups (broad SMARTS) is 1. The normalized spacial score (nSPS) is 11.5. The molecule has 0 saturated carbocycles. The molecule has 0 unspecified atom stereocenters. The van der Waals surface area contributed by atoms with E-state index in [-0.39, 0.29) is 0 Å². The third kappa shape index (κ3) is 2.99. The number of hydrogen-bond donors (Lipinski definition) is 2. The highest BCUT2D eigenvalue weighted by atomic mass is 16.4. The van der Waals surface area contributed by atoms with E-state index in [1.54, 1.807) is 19.9 Å². The first kappa shape index (κ1) is 13.6. The number of carbonyl (C=O) groups is 1. The molecule has 0 radical (unpaired) electrons.